The van der Waals surface area contributed by atoms with Crippen LogP contribution < -0.4 is 0 Å². The lowest BCUT2D eigenvalue weighted by atomic mass is 10.2. The Balaban J connectivity index is 2.63. The quantitative estimate of drug-likeness (QED) is 0.314. The van der Waals surface area contributed by atoms with Crippen molar-refractivity contribution < 1.29 is 22.8 Å². The SMILES string of the molecule is C=CC(=O)OCO[Si](Cc1ccccc1)(OC)OC. The van der Waals surface area contributed by atoms with Gasteiger partial charge in [0.1, 0.15) is 0 Å². The summed E-state index contributed by atoms with van der Waals surface area (Å²) < 4.78 is 21.1. The first-order valence-electron chi connectivity index (χ1n) is 5.73. The minimum Gasteiger partial charge on any atom is -0.436 e. The van der Waals surface area contributed by atoms with Gasteiger partial charge in [0.25, 0.3) is 0 Å². The molecule has 1 rings (SSSR count). The van der Waals surface area contributed by atoms with E-state index < -0.39 is 14.8 Å². The molecule has 0 N–H and O–H groups in total. The van der Waals surface area contributed by atoms with Crippen LogP contribution in [0.15, 0.2) is 43.0 Å². The molecule has 0 aliphatic heterocycles. The average Bonchev–Trinajstić information content (AvgIpc) is 2.47. The Morgan fingerprint density at radius 2 is 1.89 bits per heavy atom. The van der Waals surface area contributed by atoms with Crippen molar-refractivity contribution in [2.24, 2.45) is 0 Å². The molecule has 0 aromatic heterocycles. The molecule has 19 heavy (non-hydrogen) atoms. The predicted octanol–water partition coefficient (Wildman–Crippen LogP) is 1.70. The molecule has 0 aliphatic rings. The van der Waals surface area contributed by atoms with Crippen LogP contribution in [0.5, 0.6) is 0 Å². The summed E-state index contributed by atoms with van der Waals surface area (Å²) in [4.78, 5) is 10.9. The van der Waals surface area contributed by atoms with Gasteiger partial charge in [0, 0.05) is 26.3 Å². The molecular formula is C13H18O5Si. The zero-order chi connectivity index (χ0) is 14.1. The molecule has 0 amide bonds. The molecule has 0 saturated carbocycles. The molecule has 1 aromatic carbocycles. The van der Waals surface area contributed by atoms with Crippen molar-refractivity contribution in [2.45, 2.75) is 6.04 Å². The van der Waals surface area contributed by atoms with Gasteiger partial charge in [-0.1, -0.05) is 36.9 Å². The standard InChI is InChI=1S/C13H18O5Si/c1-4-13(14)17-11-18-19(15-2,16-3)10-12-8-6-5-7-9-12/h4-9H,1,10-11H2,2-3H3. The maximum atomic E-state index is 10.9. The average molecular weight is 282 g/mol. The van der Waals surface area contributed by atoms with Crippen LogP contribution in [0.3, 0.4) is 0 Å². The van der Waals surface area contributed by atoms with E-state index in [4.69, 9.17) is 18.0 Å². The number of rotatable bonds is 8. The Labute approximate surface area is 114 Å². The molecule has 0 saturated heterocycles. The van der Waals surface area contributed by atoms with E-state index in [9.17, 15) is 4.79 Å². The van der Waals surface area contributed by atoms with Crippen molar-refractivity contribution in [3.8, 4) is 0 Å². The van der Waals surface area contributed by atoms with Gasteiger partial charge in [0.05, 0.1) is 0 Å². The van der Waals surface area contributed by atoms with Gasteiger partial charge >= 0.3 is 14.8 Å². The summed E-state index contributed by atoms with van der Waals surface area (Å²) >= 11 is 0. The van der Waals surface area contributed by atoms with Crippen LogP contribution in [-0.2, 0) is 28.9 Å². The lowest BCUT2D eigenvalue weighted by Gasteiger charge is -2.26. The smallest absolute Gasteiger partial charge is 0.436 e. The first-order valence-corrected chi connectivity index (χ1v) is 7.66. The minimum absolute atomic E-state index is 0.217. The molecule has 0 radical (unpaired) electrons. The van der Waals surface area contributed by atoms with Gasteiger partial charge in [0.15, 0.2) is 6.79 Å². The zero-order valence-corrected chi connectivity index (χ0v) is 12.1. The predicted molar refractivity (Wildman–Crippen MR) is 72.2 cm³/mol. The third kappa shape index (κ3) is 4.96. The van der Waals surface area contributed by atoms with Crippen molar-refractivity contribution in [3.63, 3.8) is 0 Å². The van der Waals surface area contributed by atoms with Crippen LogP contribution in [0, 0.1) is 0 Å². The summed E-state index contributed by atoms with van der Waals surface area (Å²) in [6.07, 6.45) is 1.07. The van der Waals surface area contributed by atoms with Crippen molar-refractivity contribution in [1.82, 2.24) is 0 Å². The first kappa shape index (κ1) is 15.6. The summed E-state index contributed by atoms with van der Waals surface area (Å²) in [6.45, 7) is 3.09. The molecule has 0 heterocycles. The van der Waals surface area contributed by atoms with Gasteiger partial charge in [-0.25, -0.2) is 4.79 Å². The van der Waals surface area contributed by atoms with Gasteiger partial charge in [0.2, 0.25) is 0 Å². The second kappa shape index (κ2) is 7.85. The fraction of sp³-hybridized carbons (Fsp3) is 0.308. The van der Waals surface area contributed by atoms with E-state index in [1.807, 2.05) is 30.3 Å². The molecule has 1 aromatic rings. The number of esters is 1. The fourth-order valence-corrected chi connectivity index (χ4v) is 3.25. The van der Waals surface area contributed by atoms with Crippen LogP contribution in [0.2, 0.25) is 0 Å². The molecule has 6 heteroatoms. The molecule has 0 aliphatic carbocycles. The maximum Gasteiger partial charge on any atom is 0.507 e. The highest BCUT2D eigenvalue weighted by atomic mass is 28.4. The molecule has 0 spiro atoms. The highest BCUT2D eigenvalue weighted by Gasteiger charge is 2.39. The number of carbonyl (C=O) groups is 1. The monoisotopic (exact) mass is 282 g/mol. The third-order valence-corrected chi connectivity index (χ3v) is 5.18. The number of hydrogen-bond acceptors (Lipinski definition) is 5. The summed E-state index contributed by atoms with van der Waals surface area (Å²) in [7, 11) is 0.168. The van der Waals surface area contributed by atoms with Crippen molar-refractivity contribution in [3.05, 3.63) is 48.6 Å². The van der Waals surface area contributed by atoms with Crippen LogP contribution in [0.25, 0.3) is 0 Å². The van der Waals surface area contributed by atoms with E-state index in [0.29, 0.717) is 6.04 Å². The number of benzene rings is 1. The normalized spacial score (nSPS) is 11.1. The van der Waals surface area contributed by atoms with Gasteiger partial charge in [-0.05, 0) is 5.56 Å². The Bertz CT molecular complexity index is 403. The molecule has 104 valence electrons. The Hall–Kier alpha value is -1.47. The first-order chi connectivity index (χ1) is 9.15. The molecule has 5 nitrogen and oxygen atoms in total. The molecule has 0 bridgehead atoms. The third-order valence-electron chi connectivity index (χ3n) is 2.53. The minimum atomic E-state index is -2.88. The van der Waals surface area contributed by atoms with Gasteiger partial charge in [-0.15, -0.1) is 0 Å². The summed E-state index contributed by atoms with van der Waals surface area (Å²) in [5.74, 6) is -0.546. The van der Waals surface area contributed by atoms with E-state index >= 15 is 0 Å². The van der Waals surface area contributed by atoms with Gasteiger partial charge in [-0.3, -0.25) is 0 Å². The highest BCUT2D eigenvalue weighted by Crippen LogP contribution is 2.15. The summed E-state index contributed by atoms with van der Waals surface area (Å²) in [5, 5.41) is 0. The molecule has 0 fully saturated rings. The van der Waals surface area contributed by atoms with E-state index in [0.717, 1.165) is 11.6 Å². The van der Waals surface area contributed by atoms with Crippen molar-refractivity contribution in [1.29, 1.82) is 0 Å². The van der Waals surface area contributed by atoms with Crippen LogP contribution >= 0.6 is 0 Å². The van der Waals surface area contributed by atoms with Crippen molar-refractivity contribution in [2.75, 3.05) is 21.0 Å². The highest BCUT2D eigenvalue weighted by molar-refractivity contribution is 6.60. The van der Waals surface area contributed by atoms with E-state index in [1.165, 1.54) is 14.2 Å². The molecule has 0 atom stereocenters. The second-order valence-corrected chi connectivity index (χ2v) is 6.51. The van der Waals surface area contributed by atoms with Gasteiger partial charge < -0.3 is 18.0 Å². The van der Waals surface area contributed by atoms with E-state index in [1.54, 1.807) is 0 Å². The van der Waals surface area contributed by atoms with Crippen LogP contribution in [0.4, 0.5) is 0 Å². The Morgan fingerprint density at radius 1 is 1.26 bits per heavy atom. The van der Waals surface area contributed by atoms with Crippen LogP contribution in [0.1, 0.15) is 5.56 Å². The van der Waals surface area contributed by atoms with Crippen LogP contribution in [-0.4, -0.2) is 35.8 Å². The molecular weight excluding hydrogens is 264 g/mol. The van der Waals surface area contributed by atoms with E-state index in [-0.39, 0.29) is 6.79 Å². The number of carbonyl (C=O) groups excluding carboxylic acids is 1. The Morgan fingerprint density at radius 3 is 2.42 bits per heavy atom. The van der Waals surface area contributed by atoms with Gasteiger partial charge in [-0.2, -0.15) is 0 Å². The molecule has 0 unspecified atom stereocenters. The van der Waals surface area contributed by atoms with Crippen molar-refractivity contribution >= 4 is 14.8 Å². The summed E-state index contributed by atoms with van der Waals surface area (Å²) in [5.41, 5.74) is 1.04. The zero-order valence-electron chi connectivity index (χ0n) is 11.1. The second-order valence-electron chi connectivity index (χ2n) is 3.68. The largest absolute Gasteiger partial charge is 0.507 e. The topological polar surface area (TPSA) is 54.0 Å². The lowest BCUT2D eigenvalue weighted by Crippen LogP contribution is -2.47. The fourth-order valence-electron chi connectivity index (χ4n) is 1.48. The number of hydrogen-bond donors (Lipinski definition) is 0. The number of ether oxygens (including phenoxy) is 1. The lowest BCUT2D eigenvalue weighted by molar-refractivity contribution is -0.146. The maximum absolute atomic E-state index is 10.9. The van der Waals surface area contributed by atoms with E-state index in [2.05, 4.69) is 6.58 Å². The Kier molecular flexibility index (Phi) is 6.44. The summed E-state index contributed by atoms with van der Waals surface area (Å²) in [6, 6.07) is 10.2.